The Balaban J connectivity index is 1.16. The Kier molecular flexibility index (Phi) is 7.62. The van der Waals surface area contributed by atoms with Gasteiger partial charge in [0.1, 0.15) is 6.61 Å². The molecule has 0 saturated heterocycles. The molecule has 0 aromatic heterocycles. The monoisotopic (exact) mass is 462 g/mol. The van der Waals surface area contributed by atoms with Gasteiger partial charge in [-0.25, -0.2) is 4.79 Å². The Hall–Kier alpha value is -3.61. The number of alkyl carbamates (subject to hydrolysis) is 1. The number of aliphatic carboxylic acids is 1. The highest BCUT2D eigenvalue weighted by Crippen LogP contribution is 2.44. The van der Waals surface area contributed by atoms with Crippen LogP contribution in [0.15, 0.2) is 60.7 Å². The molecule has 2 atom stereocenters. The number of benzene rings is 2. The number of rotatable bonds is 9. The van der Waals surface area contributed by atoms with Crippen LogP contribution in [-0.2, 0) is 14.3 Å². The summed E-state index contributed by atoms with van der Waals surface area (Å²) >= 11 is 0. The largest absolute Gasteiger partial charge is 0.481 e. The number of carbonyl (C=O) groups is 3. The SMILES string of the molecule is O=C(O)CC1CCC(CNC(=O)/C=C/CNC(=O)OCC2c3ccccc3-c3ccccc32)C1. The summed E-state index contributed by atoms with van der Waals surface area (Å²) in [6.45, 7) is 0.974. The minimum Gasteiger partial charge on any atom is -0.481 e. The Morgan fingerprint density at radius 1 is 0.941 bits per heavy atom. The maximum absolute atomic E-state index is 12.2. The molecule has 1 saturated carbocycles. The summed E-state index contributed by atoms with van der Waals surface area (Å²) in [5.41, 5.74) is 4.67. The van der Waals surface area contributed by atoms with Gasteiger partial charge >= 0.3 is 12.1 Å². The second-order valence-corrected chi connectivity index (χ2v) is 9.00. The highest BCUT2D eigenvalue weighted by atomic mass is 16.5. The zero-order valence-corrected chi connectivity index (χ0v) is 19.0. The molecule has 0 heterocycles. The number of hydrogen-bond donors (Lipinski definition) is 3. The van der Waals surface area contributed by atoms with Gasteiger partial charge in [0, 0.05) is 31.5 Å². The first-order chi connectivity index (χ1) is 16.5. The highest BCUT2D eigenvalue weighted by molar-refractivity contribution is 5.87. The molecule has 2 aromatic carbocycles. The smallest absolute Gasteiger partial charge is 0.407 e. The van der Waals surface area contributed by atoms with Gasteiger partial charge in [0.2, 0.25) is 5.91 Å². The van der Waals surface area contributed by atoms with Gasteiger partial charge in [-0.15, -0.1) is 0 Å². The van der Waals surface area contributed by atoms with Crippen molar-refractivity contribution in [2.45, 2.75) is 31.6 Å². The molecule has 2 aromatic rings. The van der Waals surface area contributed by atoms with Crippen LogP contribution in [-0.4, -0.2) is 42.8 Å². The summed E-state index contributed by atoms with van der Waals surface area (Å²) in [7, 11) is 0. The normalized spacial score (nSPS) is 18.9. The van der Waals surface area contributed by atoms with E-state index in [2.05, 4.69) is 34.9 Å². The summed E-state index contributed by atoms with van der Waals surface area (Å²) in [4.78, 5) is 35.0. The van der Waals surface area contributed by atoms with Crippen molar-refractivity contribution in [3.8, 4) is 11.1 Å². The van der Waals surface area contributed by atoms with Crippen LogP contribution in [0.3, 0.4) is 0 Å². The molecule has 7 heteroatoms. The fraction of sp³-hybridized carbons (Fsp3) is 0.370. The van der Waals surface area contributed by atoms with Gasteiger partial charge in [0.05, 0.1) is 0 Å². The summed E-state index contributed by atoms with van der Waals surface area (Å²) in [6, 6.07) is 16.3. The van der Waals surface area contributed by atoms with Crippen molar-refractivity contribution >= 4 is 18.0 Å². The van der Waals surface area contributed by atoms with E-state index in [1.807, 2.05) is 24.3 Å². The first-order valence-corrected chi connectivity index (χ1v) is 11.8. The third-order valence-electron chi connectivity index (χ3n) is 6.66. The summed E-state index contributed by atoms with van der Waals surface area (Å²) in [5.74, 6) is -0.459. The van der Waals surface area contributed by atoms with E-state index in [-0.39, 0.29) is 37.3 Å². The fourth-order valence-electron chi connectivity index (χ4n) is 5.06. The van der Waals surface area contributed by atoms with Crippen molar-refractivity contribution in [1.29, 1.82) is 0 Å². The van der Waals surface area contributed by atoms with Crippen LogP contribution in [0.4, 0.5) is 4.79 Å². The first kappa shape index (κ1) is 23.5. The molecule has 0 spiro atoms. The average molecular weight is 463 g/mol. The van der Waals surface area contributed by atoms with Gasteiger partial charge in [-0.2, -0.15) is 0 Å². The van der Waals surface area contributed by atoms with Gasteiger partial charge < -0.3 is 20.5 Å². The summed E-state index contributed by atoms with van der Waals surface area (Å²) in [5, 5.41) is 14.4. The van der Waals surface area contributed by atoms with E-state index in [0.29, 0.717) is 12.5 Å². The topological polar surface area (TPSA) is 105 Å². The predicted molar refractivity (Wildman–Crippen MR) is 128 cm³/mol. The predicted octanol–water partition coefficient (Wildman–Crippen LogP) is 4.09. The summed E-state index contributed by atoms with van der Waals surface area (Å²) in [6.07, 6.45) is 5.32. The Morgan fingerprint density at radius 3 is 2.26 bits per heavy atom. The van der Waals surface area contributed by atoms with E-state index in [9.17, 15) is 14.4 Å². The molecule has 0 aliphatic heterocycles. The lowest BCUT2D eigenvalue weighted by Gasteiger charge is -2.14. The minimum absolute atomic E-state index is 0.00477. The molecule has 2 amide bonds. The molecule has 34 heavy (non-hydrogen) atoms. The van der Waals surface area contributed by atoms with Crippen molar-refractivity contribution in [3.05, 3.63) is 71.8 Å². The molecular formula is C27H30N2O5. The molecule has 178 valence electrons. The quantitative estimate of drug-likeness (QED) is 0.487. The second kappa shape index (κ2) is 11.0. The van der Waals surface area contributed by atoms with E-state index in [4.69, 9.17) is 9.84 Å². The Morgan fingerprint density at radius 2 is 1.59 bits per heavy atom. The molecule has 2 unspecified atom stereocenters. The zero-order valence-electron chi connectivity index (χ0n) is 19.0. The Bertz CT molecular complexity index is 1030. The van der Waals surface area contributed by atoms with Gasteiger partial charge in [-0.1, -0.05) is 54.6 Å². The van der Waals surface area contributed by atoms with Crippen LogP contribution in [0.5, 0.6) is 0 Å². The number of fused-ring (bicyclic) bond motifs is 3. The first-order valence-electron chi connectivity index (χ1n) is 11.8. The minimum atomic E-state index is -0.762. The molecule has 4 rings (SSSR count). The second-order valence-electron chi connectivity index (χ2n) is 9.00. The lowest BCUT2D eigenvalue weighted by atomic mass is 9.98. The molecule has 7 nitrogen and oxygen atoms in total. The number of hydrogen-bond acceptors (Lipinski definition) is 4. The van der Waals surface area contributed by atoms with E-state index >= 15 is 0 Å². The van der Waals surface area contributed by atoms with E-state index in [1.54, 1.807) is 6.08 Å². The number of carbonyl (C=O) groups excluding carboxylic acids is 2. The standard InChI is InChI=1S/C27H30N2O5/c30-25(29-16-19-12-11-18(14-19)15-26(31)32)10-5-13-28-27(33)34-17-24-22-8-3-1-6-20(22)21-7-2-4-9-23(21)24/h1-10,18-19,24H,11-17H2,(H,28,33)(H,29,30)(H,31,32)/b10-5+. The van der Waals surface area contributed by atoms with Crippen LogP contribution in [0.25, 0.3) is 11.1 Å². The van der Waals surface area contributed by atoms with E-state index in [0.717, 1.165) is 30.4 Å². The molecule has 2 aliphatic rings. The number of carboxylic acids is 1. The molecule has 0 bridgehead atoms. The maximum atomic E-state index is 12.2. The van der Waals surface area contributed by atoms with Crippen LogP contribution in [0, 0.1) is 11.8 Å². The third kappa shape index (κ3) is 5.84. The number of nitrogens with one attached hydrogen (secondary N) is 2. The van der Waals surface area contributed by atoms with Gasteiger partial charge in [-0.05, 0) is 53.4 Å². The molecule has 1 fully saturated rings. The highest BCUT2D eigenvalue weighted by Gasteiger charge is 2.29. The van der Waals surface area contributed by atoms with Crippen molar-refractivity contribution in [3.63, 3.8) is 0 Å². The van der Waals surface area contributed by atoms with Crippen LogP contribution in [0.1, 0.15) is 42.7 Å². The molecular weight excluding hydrogens is 432 g/mol. The zero-order chi connectivity index (χ0) is 23.9. The van der Waals surface area contributed by atoms with Crippen molar-refractivity contribution in [1.82, 2.24) is 10.6 Å². The van der Waals surface area contributed by atoms with Crippen LogP contribution >= 0.6 is 0 Å². The summed E-state index contributed by atoms with van der Waals surface area (Å²) < 4.78 is 5.47. The lowest BCUT2D eigenvalue weighted by molar-refractivity contribution is -0.138. The van der Waals surface area contributed by atoms with Gasteiger partial charge in [-0.3, -0.25) is 9.59 Å². The van der Waals surface area contributed by atoms with Crippen molar-refractivity contribution in [2.75, 3.05) is 19.7 Å². The average Bonchev–Trinajstić information content (AvgIpc) is 3.41. The van der Waals surface area contributed by atoms with Crippen LogP contribution in [0.2, 0.25) is 0 Å². The Labute approximate surface area is 199 Å². The molecule has 2 aliphatic carbocycles. The van der Waals surface area contributed by atoms with Crippen LogP contribution < -0.4 is 10.6 Å². The van der Waals surface area contributed by atoms with Crippen molar-refractivity contribution < 1.29 is 24.2 Å². The van der Waals surface area contributed by atoms with Crippen molar-refractivity contribution in [2.24, 2.45) is 11.8 Å². The number of carboxylic acid groups (broad SMARTS) is 1. The van der Waals surface area contributed by atoms with Gasteiger partial charge in [0.25, 0.3) is 0 Å². The number of amides is 2. The molecule has 0 radical (unpaired) electrons. The van der Waals surface area contributed by atoms with E-state index in [1.165, 1.54) is 17.2 Å². The molecule has 3 N–H and O–H groups in total. The van der Waals surface area contributed by atoms with Gasteiger partial charge in [0.15, 0.2) is 0 Å². The fourth-order valence-corrected chi connectivity index (χ4v) is 5.06. The third-order valence-corrected chi connectivity index (χ3v) is 6.66. The number of ether oxygens (including phenoxy) is 1. The lowest BCUT2D eigenvalue weighted by Crippen LogP contribution is -2.28. The maximum Gasteiger partial charge on any atom is 0.407 e. The van der Waals surface area contributed by atoms with E-state index < -0.39 is 12.1 Å².